The summed E-state index contributed by atoms with van der Waals surface area (Å²) >= 11 is 0. The first-order valence-corrected chi connectivity index (χ1v) is 7.69. The molecule has 128 valence electrons. The number of likely N-dealkylation sites (N-methyl/N-ethyl adjacent to an activating group) is 1. The average Bonchev–Trinajstić information content (AvgIpc) is 2.61. The molecule has 6 nitrogen and oxygen atoms in total. The van der Waals surface area contributed by atoms with Gasteiger partial charge >= 0.3 is 0 Å². The van der Waals surface area contributed by atoms with Crippen molar-refractivity contribution < 1.29 is 14.8 Å². The lowest BCUT2D eigenvalue weighted by Gasteiger charge is -2.27. The molecule has 2 rings (SSSR count). The summed E-state index contributed by atoms with van der Waals surface area (Å²) in [6, 6.07) is 14.0. The lowest BCUT2D eigenvalue weighted by atomic mass is 10.0. The molecule has 24 heavy (non-hydrogen) atoms. The van der Waals surface area contributed by atoms with Crippen LogP contribution < -0.4 is 4.74 Å². The van der Waals surface area contributed by atoms with Crippen molar-refractivity contribution in [3.63, 3.8) is 0 Å². The number of ether oxygens (including phenoxy) is 1. The van der Waals surface area contributed by atoms with Crippen molar-refractivity contribution in [3.05, 3.63) is 69.8 Å². The number of hydrogen-bond acceptors (Lipinski definition) is 5. The third kappa shape index (κ3) is 4.31. The topological polar surface area (TPSA) is 75.8 Å². The monoisotopic (exact) mass is 330 g/mol. The van der Waals surface area contributed by atoms with Gasteiger partial charge in [0.2, 0.25) is 0 Å². The van der Waals surface area contributed by atoms with Gasteiger partial charge in [0.15, 0.2) is 0 Å². The average molecular weight is 330 g/mol. The molecule has 0 radical (unpaired) electrons. The molecule has 0 saturated carbocycles. The standard InChI is InChI=1S/C18H22N2O4/c1-13(14-7-9-17(24-3)10-8-14)19(2)12-18(21)15-5-4-6-16(11-15)20(22)23/h4-11,13,18,21H,12H2,1-3H3. The normalized spacial score (nSPS) is 13.5. The van der Waals surface area contributed by atoms with Gasteiger partial charge in [0.05, 0.1) is 18.1 Å². The van der Waals surface area contributed by atoms with E-state index in [-0.39, 0.29) is 11.7 Å². The quantitative estimate of drug-likeness (QED) is 0.622. The fourth-order valence-electron chi connectivity index (χ4n) is 2.52. The van der Waals surface area contributed by atoms with Crippen LogP contribution in [0, 0.1) is 10.1 Å². The van der Waals surface area contributed by atoms with Crippen molar-refractivity contribution in [1.82, 2.24) is 4.90 Å². The Morgan fingerprint density at radius 2 is 1.88 bits per heavy atom. The van der Waals surface area contributed by atoms with Crippen LogP contribution in [-0.2, 0) is 0 Å². The Morgan fingerprint density at radius 1 is 1.21 bits per heavy atom. The Labute approximate surface area is 141 Å². The number of benzene rings is 2. The van der Waals surface area contributed by atoms with Crippen LogP contribution in [0.1, 0.15) is 30.2 Å². The Kier molecular flexibility index (Phi) is 5.89. The highest BCUT2D eigenvalue weighted by atomic mass is 16.6. The number of nitro groups is 1. The van der Waals surface area contributed by atoms with Crippen molar-refractivity contribution in [3.8, 4) is 5.75 Å². The molecule has 6 heteroatoms. The molecule has 0 aliphatic heterocycles. The minimum atomic E-state index is -0.796. The number of nitro benzene ring substituents is 1. The Morgan fingerprint density at radius 3 is 2.46 bits per heavy atom. The molecule has 0 aliphatic carbocycles. The SMILES string of the molecule is COc1ccc(C(C)N(C)CC(O)c2cccc([N+](=O)[O-])c2)cc1. The van der Waals surface area contributed by atoms with Crippen LogP contribution in [0.2, 0.25) is 0 Å². The number of rotatable bonds is 7. The van der Waals surface area contributed by atoms with Crippen molar-refractivity contribution in [2.24, 2.45) is 0 Å². The summed E-state index contributed by atoms with van der Waals surface area (Å²) in [5.41, 5.74) is 1.62. The first-order valence-electron chi connectivity index (χ1n) is 7.69. The van der Waals surface area contributed by atoms with Gasteiger partial charge in [-0.15, -0.1) is 0 Å². The van der Waals surface area contributed by atoms with Crippen LogP contribution in [0.4, 0.5) is 5.69 Å². The van der Waals surface area contributed by atoms with Gasteiger partial charge in [-0.2, -0.15) is 0 Å². The van der Waals surface area contributed by atoms with Gasteiger partial charge < -0.3 is 9.84 Å². The highest BCUT2D eigenvalue weighted by Gasteiger charge is 2.18. The van der Waals surface area contributed by atoms with Gasteiger partial charge in [0.25, 0.3) is 5.69 Å². The summed E-state index contributed by atoms with van der Waals surface area (Å²) < 4.78 is 5.15. The summed E-state index contributed by atoms with van der Waals surface area (Å²) in [6.07, 6.45) is -0.796. The zero-order valence-corrected chi connectivity index (χ0v) is 14.0. The molecule has 0 aromatic heterocycles. The second-order valence-corrected chi connectivity index (χ2v) is 5.76. The van der Waals surface area contributed by atoms with E-state index in [1.807, 2.05) is 43.1 Å². The Balaban J connectivity index is 2.05. The Bertz CT molecular complexity index is 688. The number of non-ortho nitro benzene ring substituents is 1. The molecule has 2 unspecified atom stereocenters. The fraction of sp³-hybridized carbons (Fsp3) is 0.333. The largest absolute Gasteiger partial charge is 0.497 e. The van der Waals surface area contributed by atoms with Crippen molar-refractivity contribution in [2.45, 2.75) is 19.1 Å². The predicted octanol–water partition coefficient (Wildman–Crippen LogP) is 3.33. The molecule has 0 aliphatic rings. The van der Waals surface area contributed by atoms with Crippen LogP contribution in [0.5, 0.6) is 5.75 Å². The van der Waals surface area contributed by atoms with Gasteiger partial charge in [0, 0.05) is 24.7 Å². The molecule has 0 heterocycles. The van der Waals surface area contributed by atoms with E-state index in [0.717, 1.165) is 11.3 Å². The summed E-state index contributed by atoms with van der Waals surface area (Å²) in [4.78, 5) is 12.4. The maximum atomic E-state index is 10.8. The van der Waals surface area contributed by atoms with E-state index in [0.29, 0.717) is 12.1 Å². The minimum absolute atomic E-state index is 0.0163. The maximum absolute atomic E-state index is 10.8. The number of nitrogens with zero attached hydrogens (tertiary/aromatic N) is 2. The smallest absolute Gasteiger partial charge is 0.269 e. The molecule has 0 amide bonds. The zero-order valence-electron chi connectivity index (χ0n) is 14.0. The second kappa shape index (κ2) is 7.90. The van der Waals surface area contributed by atoms with Crippen molar-refractivity contribution >= 4 is 5.69 Å². The van der Waals surface area contributed by atoms with E-state index in [4.69, 9.17) is 4.74 Å². The van der Waals surface area contributed by atoms with Gasteiger partial charge in [-0.3, -0.25) is 15.0 Å². The van der Waals surface area contributed by atoms with Crippen LogP contribution in [-0.4, -0.2) is 35.6 Å². The minimum Gasteiger partial charge on any atom is -0.497 e. The highest BCUT2D eigenvalue weighted by molar-refractivity contribution is 5.35. The van der Waals surface area contributed by atoms with E-state index in [1.165, 1.54) is 12.1 Å². The number of methoxy groups -OCH3 is 1. The summed E-state index contributed by atoms with van der Waals surface area (Å²) in [5.74, 6) is 0.797. The molecule has 2 aromatic carbocycles. The van der Waals surface area contributed by atoms with Gasteiger partial charge in [-0.1, -0.05) is 24.3 Å². The summed E-state index contributed by atoms with van der Waals surface area (Å²) in [7, 11) is 3.54. The molecule has 2 atom stereocenters. The second-order valence-electron chi connectivity index (χ2n) is 5.76. The van der Waals surface area contributed by atoms with Crippen LogP contribution in [0.25, 0.3) is 0 Å². The molecule has 2 aromatic rings. The number of aliphatic hydroxyl groups is 1. The number of hydrogen-bond donors (Lipinski definition) is 1. The van der Waals surface area contributed by atoms with E-state index >= 15 is 0 Å². The molecular formula is C18H22N2O4. The van der Waals surface area contributed by atoms with Crippen LogP contribution >= 0.6 is 0 Å². The molecule has 0 spiro atoms. The third-order valence-electron chi connectivity index (χ3n) is 4.19. The van der Waals surface area contributed by atoms with E-state index in [2.05, 4.69) is 0 Å². The lowest BCUT2D eigenvalue weighted by molar-refractivity contribution is -0.385. The predicted molar refractivity (Wildman–Crippen MR) is 92.1 cm³/mol. The lowest BCUT2D eigenvalue weighted by Crippen LogP contribution is -2.27. The summed E-state index contributed by atoms with van der Waals surface area (Å²) in [5, 5.41) is 21.2. The van der Waals surface area contributed by atoms with E-state index in [9.17, 15) is 15.2 Å². The molecule has 1 N–H and O–H groups in total. The first kappa shape index (κ1) is 17.9. The molecule has 0 saturated heterocycles. The van der Waals surface area contributed by atoms with Crippen LogP contribution in [0.3, 0.4) is 0 Å². The first-order chi connectivity index (χ1) is 11.4. The molecule has 0 bridgehead atoms. The Hall–Kier alpha value is -2.44. The summed E-state index contributed by atoms with van der Waals surface area (Å²) in [6.45, 7) is 2.41. The molecular weight excluding hydrogens is 308 g/mol. The highest BCUT2D eigenvalue weighted by Crippen LogP contribution is 2.25. The van der Waals surface area contributed by atoms with Crippen LogP contribution in [0.15, 0.2) is 48.5 Å². The van der Waals surface area contributed by atoms with Gasteiger partial charge in [-0.25, -0.2) is 0 Å². The van der Waals surface area contributed by atoms with Gasteiger partial charge in [-0.05, 0) is 37.2 Å². The van der Waals surface area contributed by atoms with Crippen molar-refractivity contribution in [2.75, 3.05) is 20.7 Å². The van der Waals surface area contributed by atoms with Crippen molar-refractivity contribution in [1.29, 1.82) is 0 Å². The van der Waals surface area contributed by atoms with E-state index < -0.39 is 11.0 Å². The fourth-order valence-corrected chi connectivity index (χ4v) is 2.52. The molecule has 0 fully saturated rings. The number of aliphatic hydroxyl groups excluding tert-OH is 1. The zero-order chi connectivity index (χ0) is 17.7. The maximum Gasteiger partial charge on any atom is 0.269 e. The van der Waals surface area contributed by atoms with E-state index in [1.54, 1.807) is 19.2 Å². The third-order valence-corrected chi connectivity index (χ3v) is 4.19. The van der Waals surface area contributed by atoms with Gasteiger partial charge in [0.1, 0.15) is 5.75 Å².